The molecule has 2 aliphatic heterocycles. The van der Waals surface area contributed by atoms with Crippen LogP contribution in [0.3, 0.4) is 0 Å². The molecule has 0 spiro atoms. The number of anilines is 3. The van der Waals surface area contributed by atoms with E-state index in [-0.39, 0.29) is 11.8 Å². The first-order valence-corrected chi connectivity index (χ1v) is 13.6. The summed E-state index contributed by atoms with van der Waals surface area (Å²) < 4.78 is 27.5. The van der Waals surface area contributed by atoms with E-state index in [1.54, 1.807) is 41.0 Å². The van der Waals surface area contributed by atoms with Crippen LogP contribution in [-0.4, -0.2) is 88.3 Å². The number of nitrogens with zero attached hydrogens (tertiary/aromatic N) is 6. The van der Waals surface area contributed by atoms with Gasteiger partial charge in [-0.3, -0.25) is 4.79 Å². The van der Waals surface area contributed by atoms with E-state index in [2.05, 4.69) is 32.1 Å². The normalized spacial score (nSPS) is 17.8. The standard InChI is InChI=1S/C29H36FN7O4/c1-18-13-19-16-36(17-21(19)26(38)37(18)28(39)41-29(2,3)4)25-22(30)15-31-27(33-25)32-23-14-20(7-8-24(23)40-6)35-11-9-34(5)10-12-35/h7-8,14-18H,9-13H2,1-6H3,(H,31,32,33). The molecule has 5 rings (SSSR count). The van der Waals surface area contributed by atoms with E-state index < -0.39 is 29.5 Å². The van der Waals surface area contributed by atoms with Crippen molar-refractivity contribution in [3.05, 3.63) is 53.7 Å². The molecule has 1 unspecified atom stereocenters. The van der Waals surface area contributed by atoms with Gasteiger partial charge in [-0.05, 0) is 64.9 Å². The van der Waals surface area contributed by atoms with Gasteiger partial charge in [-0.1, -0.05) is 0 Å². The number of carbonyl (C=O) groups excluding carboxylic acids is 2. The molecular weight excluding hydrogens is 529 g/mol. The number of amides is 2. The Kier molecular flexibility index (Phi) is 7.60. The number of imide groups is 1. The lowest BCUT2D eigenvalue weighted by Gasteiger charge is -2.34. The van der Waals surface area contributed by atoms with Crippen LogP contribution in [0.15, 0.2) is 36.8 Å². The van der Waals surface area contributed by atoms with Crippen LogP contribution in [-0.2, 0) is 11.2 Å². The molecule has 2 aromatic heterocycles. The van der Waals surface area contributed by atoms with E-state index >= 15 is 4.39 Å². The maximum atomic E-state index is 15.0. The van der Waals surface area contributed by atoms with Crippen LogP contribution in [0.1, 0.15) is 43.6 Å². The number of piperazine rings is 1. The predicted octanol–water partition coefficient (Wildman–Crippen LogP) is 4.23. The zero-order chi connectivity index (χ0) is 29.5. The average molecular weight is 566 g/mol. The number of methoxy groups -OCH3 is 1. The average Bonchev–Trinajstić information content (AvgIpc) is 3.33. The molecule has 1 fully saturated rings. The van der Waals surface area contributed by atoms with Crippen molar-refractivity contribution < 1.29 is 23.5 Å². The fourth-order valence-electron chi connectivity index (χ4n) is 5.06. The summed E-state index contributed by atoms with van der Waals surface area (Å²) in [5.41, 5.74) is 1.91. The third-order valence-corrected chi connectivity index (χ3v) is 7.17. The van der Waals surface area contributed by atoms with Crippen LogP contribution < -0.4 is 15.0 Å². The first-order valence-electron chi connectivity index (χ1n) is 13.6. The van der Waals surface area contributed by atoms with Crippen molar-refractivity contribution in [2.45, 2.75) is 45.8 Å². The second-order valence-corrected chi connectivity index (χ2v) is 11.5. The van der Waals surface area contributed by atoms with Gasteiger partial charge in [0.05, 0.1) is 24.6 Å². The van der Waals surface area contributed by atoms with Crippen molar-refractivity contribution in [2.24, 2.45) is 0 Å². The van der Waals surface area contributed by atoms with Crippen LogP contribution in [0.2, 0.25) is 0 Å². The van der Waals surface area contributed by atoms with Crippen LogP contribution in [0.25, 0.3) is 5.82 Å². The smallest absolute Gasteiger partial charge is 0.417 e. The van der Waals surface area contributed by atoms with Gasteiger partial charge in [0, 0.05) is 50.3 Å². The number of fused-ring (bicyclic) bond motifs is 1. The fraction of sp³-hybridized carbons (Fsp3) is 0.448. The Bertz CT molecular complexity index is 1460. The van der Waals surface area contributed by atoms with Crippen molar-refractivity contribution in [1.29, 1.82) is 0 Å². The van der Waals surface area contributed by atoms with Crippen LogP contribution in [0, 0.1) is 5.82 Å². The summed E-state index contributed by atoms with van der Waals surface area (Å²) in [5, 5.41) is 3.17. The fourth-order valence-corrected chi connectivity index (χ4v) is 5.06. The molecule has 218 valence electrons. The first-order chi connectivity index (χ1) is 19.4. The molecule has 1 saturated heterocycles. The van der Waals surface area contributed by atoms with Crippen molar-refractivity contribution in [2.75, 3.05) is 50.6 Å². The Hall–Kier alpha value is -4.19. The molecule has 0 saturated carbocycles. The van der Waals surface area contributed by atoms with Crippen LogP contribution >= 0.6 is 0 Å². The highest BCUT2D eigenvalue weighted by Gasteiger charge is 2.38. The zero-order valence-corrected chi connectivity index (χ0v) is 24.3. The van der Waals surface area contributed by atoms with Crippen molar-refractivity contribution in [3.63, 3.8) is 0 Å². The third kappa shape index (κ3) is 5.97. The summed E-state index contributed by atoms with van der Waals surface area (Å²) in [5.74, 6) is -0.432. The maximum Gasteiger partial charge on any atom is 0.417 e. The summed E-state index contributed by atoms with van der Waals surface area (Å²) >= 11 is 0. The topological polar surface area (TPSA) is 105 Å². The largest absolute Gasteiger partial charge is 0.495 e. The highest BCUT2D eigenvalue weighted by molar-refractivity contribution is 6.05. The van der Waals surface area contributed by atoms with Gasteiger partial charge < -0.3 is 29.2 Å². The molecule has 0 bridgehead atoms. The number of nitrogens with one attached hydrogen (secondary N) is 1. The molecule has 1 N–H and O–H groups in total. The number of hydrogen-bond donors (Lipinski definition) is 1. The molecule has 3 aromatic rings. The molecule has 0 aliphatic carbocycles. The number of hydrogen-bond acceptors (Lipinski definition) is 9. The monoisotopic (exact) mass is 565 g/mol. The summed E-state index contributed by atoms with van der Waals surface area (Å²) in [6.45, 7) is 10.8. The highest BCUT2D eigenvalue weighted by Crippen LogP contribution is 2.33. The van der Waals surface area contributed by atoms with Gasteiger partial charge in [-0.2, -0.15) is 4.98 Å². The van der Waals surface area contributed by atoms with Crippen molar-refractivity contribution in [1.82, 2.24) is 24.3 Å². The summed E-state index contributed by atoms with van der Waals surface area (Å²) in [6.07, 6.45) is 3.94. The lowest BCUT2D eigenvalue weighted by atomic mass is 9.99. The first kappa shape index (κ1) is 28.3. The second-order valence-electron chi connectivity index (χ2n) is 11.5. The van der Waals surface area contributed by atoms with Gasteiger partial charge >= 0.3 is 6.09 Å². The minimum absolute atomic E-state index is 0.0321. The Morgan fingerprint density at radius 1 is 1.15 bits per heavy atom. The number of halogens is 1. The lowest BCUT2D eigenvalue weighted by molar-refractivity contribution is 0.0165. The molecule has 2 aliphatic rings. The number of carbonyl (C=O) groups is 2. The third-order valence-electron chi connectivity index (χ3n) is 7.17. The van der Waals surface area contributed by atoms with E-state index in [0.717, 1.165) is 43.0 Å². The second kappa shape index (κ2) is 11.0. The molecular formula is C29H36FN7O4. The van der Waals surface area contributed by atoms with Gasteiger partial charge in [-0.15, -0.1) is 0 Å². The Balaban J connectivity index is 1.41. The van der Waals surface area contributed by atoms with E-state index in [9.17, 15) is 9.59 Å². The Morgan fingerprint density at radius 3 is 2.56 bits per heavy atom. The maximum absolute atomic E-state index is 15.0. The van der Waals surface area contributed by atoms with Crippen LogP contribution in [0.5, 0.6) is 5.75 Å². The number of aromatic nitrogens is 3. The molecule has 12 heteroatoms. The molecule has 4 heterocycles. The number of likely N-dealkylation sites (N-methyl/N-ethyl adjacent to an activating group) is 1. The van der Waals surface area contributed by atoms with E-state index in [1.165, 1.54) is 10.8 Å². The molecule has 11 nitrogen and oxygen atoms in total. The highest BCUT2D eigenvalue weighted by atomic mass is 19.1. The van der Waals surface area contributed by atoms with Gasteiger partial charge in [0.1, 0.15) is 11.4 Å². The quantitative estimate of drug-likeness (QED) is 0.487. The minimum atomic E-state index is -0.747. The van der Waals surface area contributed by atoms with E-state index in [4.69, 9.17) is 9.47 Å². The van der Waals surface area contributed by atoms with Gasteiger partial charge in [0.15, 0.2) is 11.6 Å². The number of rotatable bonds is 5. The van der Waals surface area contributed by atoms with E-state index in [1.807, 2.05) is 18.2 Å². The number of ether oxygens (including phenoxy) is 2. The van der Waals surface area contributed by atoms with Gasteiger partial charge in [0.2, 0.25) is 5.95 Å². The summed E-state index contributed by atoms with van der Waals surface area (Å²) in [6, 6.07) is 5.43. The van der Waals surface area contributed by atoms with Crippen molar-refractivity contribution in [3.8, 4) is 11.6 Å². The summed E-state index contributed by atoms with van der Waals surface area (Å²) in [7, 11) is 3.69. The van der Waals surface area contributed by atoms with Crippen LogP contribution in [0.4, 0.5) is 26.5 Å². The summed E-state index contributed by atoms with van der Waals surface area (Å²) in [4.78, 5) is 40.3. The zero-order valence-electron chi connectivity index (χ0n) is 24.3. The SMILES string of the molecule is COc1ccc(N2CCN(C)CC2)cc1Nc1ncc(F)c(-n2cc3c(c2)C(=O)N(C(=O)OC(C)(C)C)C(C)C3)n1. The molecule has 1 aromatic carbocycles. The van der Waals surface area contributed by atoms with Gasteiger partial charge in [0.25, 0.3) is 5.91 Å². The molecule has 1 atom stereocenters. The molecule has 0 radical (unpaired) electrons. The predicted molar refractivity (Wildman–Crippen MR) is 153 cm³/mol. The molecule has 41 heavy (non-hydrogen) atoms. The van der Waals surface area contributed by atoms with E-state index in [0.29, 0.717) is 29.0 Å². The molecule has 2 amide bonds. The Morgan fingerprint density at radius 2 is 1.88 bits per heavy atom. The minimum Gasteiger partial charge on any atom is -0.495 e. The lowest BCUT2D eigenvalue weighted by Crippen LogP contribution is -2.49. The van der Waals surface area contributed by atoms with Crippen molar-refractivity contribution >= 4 is 29.3 Å². The Labute approximate surface area is 238 Å². The number of benzene rings is 1. The van der Waals surface area contributed by atoms with Gasteiger partial charge in [-0.25, -0.2) is 19.1 Å².